The molecule has 0 aromatic heterocycles. The number of benzene rings is 1. The Morgan fingerprint density at radius 1 is 1.44 bits per heavy atom. The van der Waals surface area contributed by atoms with E-state index < -0.39 is 0 Å². The first kappa shape index (κ1) is 13.7. The van der Waals surface area contributed by atoms with Crippen molar-refractivity contribution in [3.05, 3.63) is 28.3 Å². The van der Waals surface area contributed by atoms with Crippen LogP contribution in [0.1, 0.15) is 25.0 Å². The Balaban J connectivity index is 2.22. The number of aliphatic hydroxyl groups is 1. The van der Waals surface area contributed by atoms with E-state index in [1.54, 1.807) is 0 Å². The number of nitrogens with zero attached hydrogens (tertiary/aromatic N) is 1. The van der Waals surface area contributed by atoms with Gasteiger partial charge in [0, 0.05) is 36.1 Å². The minimum atomic E-state index is 0.168. The molecule has 0 aliphatic carbocycles. The molecule has 0 amide bonds. The number of rotatable bonds is 5. The maximum atomic E-state index is 9.11. The maximum Gasteiger partial charge on any atom is 0.127 e. The Labute approximate surface area is 113 Å². The molecule has 1 heterocycles. The molecule has 0 atom stereocenters. The summed E-state index contributed by atoms with van der Waals surface area (Å²) in [7, 11) is 0. The van der Waals surface area contributed by atoms with Gasteiger partial charge in [-0.05, 0) is 31.5 Å². The molecular formula is C14H20ClNO2. The molecular weight excluding hydrogens is 250 g/mol. The second-order valence-electron chi connectivity index (χ2n) is 4.94. The summed E-state index contributed by atoms with van der Waals surface area (Å²) in [5.41, 5.74) is 2.32. The summed E-state index contributed by atoms with van der Waals surface area (Å²) in [6.45, 7) is 6.59. The third-order valence-corrected chi connectivity index (χ3v) is 3.53. The Morgan fingerprint density at radius 3 is 2.89 bits per heavy atom. The van der Waals surface area contributed by atoms with Crippen LogP contribution in [-0.2, 0) is 13.0 Å². The van der Waals surface area contributed by atoms with Gasteiger partial charge in [-0.3, -0.25) is 4.90 Å². The highest BCUT2D eigenvalue weighted by atomic mass is 35.5. The Morgan fingerprint density at radius 2 is 2.22 bits per heavy atom. The molecule has 0 bridgehead atoms. The molecule has 0 saturated heterocycles. The van der Waals surface area contributed by atoms with Crippen LogP contribution < -0.4 is 4.74 Å². The van der Waals surface area contributed by atoms with Gasteiger partial charge in [0.1, 0.15) is 5.75 Å². The number of halogens is 1. The molecule has 0 radical (unpaired) electrons. The van der Waals surface area contributed by atoms with Crippen LogP contribution in [0.5, 0.6) is 5.75 Å². The fraction of sp³-hybridized carbons (Fsp3) is 0.571. The van der Waals surface area contributed by atoms with Crippen molar-refractivity contribution >= 4 is 11.6 Å². The number of hydrogen-bond donors (Lipinski definition) is 1. The fourth-order valence-electron chi connectivity index (χ4n) is 2.33. The van der Waals surface area contributed by atoms with Crippen LogP contribution in [0, 0.1) is 0 Å². The third-order valence-electron chi connectivity index (χ3n) is 3.32. The summed E-state index contributed by atoms with van der Waals surface area (Å²) in [5.74, 6) is 0.989. The van der Waals surface area contributed by atoms with Crippen LogP contribution in [0.3, 0.4) is 0 Å². The van der Waals surface area contributed by atoms with Crippen LogP contribution >= 0.6 is 11.6 Å². The predicted molar refractivity (Wildman–Crippen MR) is 73.3 cm³/mol. The van der Waals surface area contributed by atoms with Crippen LogP contribution in [0.2, 0.25) is 5.02 Å². The van der Waals surface area contributed by atoms with E-state index in [4.69, 9.17) is 21.4 Å². The number of aliphatic hydroxyl groups excluding tert-OH is 1. The minimum absolute atomic E-state index is 0.168. The highest BCUT2D eigenvalue weighted by Gasteiger charge is 2.20. The standard InChI is InChI=1S/C14H20ClNO2/c1-10(2)16(4-5-17)9-12-8-13(15)7-11-3-6-18-14(11)12/h7-8,10,17H,3-6,9H2,1-2H3. The largest absolute Gasteiger partial charge is 0.493 e. The second-order valence-corrected chi connectivity index (χ2v) is 5.38. The molecule has 0 fully saturated rings. The monoisotopic (exact) mass is 269 g/mol. The molecule has 4 heteroatoms. The molecule has 100 valence electrons. The van der Waals surface area contributed by atoms with Crippen molar-refractivity contribution in [2.45, 2.75) is 32.9 Å². The SMILES string of the molecule is CC(C)N(CCO)Cc1cc(Cl)cc2c1OCC2. The van der Waals surface area contributed by atoms with E-state index >= 15 is 0 Å². The number of ether oxygens (including phenoxy) is 1. The van der Waals surface area contributed by atoms with Gasteiger partial charge in [-0.15, -0.1) is 0 Å². The summed E-state index contributed by atoms with van der Waals surface area (Å²) >= 11 is 6.15. The third kappa shape index (κ3) is 2.97. The molecule has 1 aromatic carbocycles. The van der Waals surface area contributed by atoms with Crippen LogP contribution in [0.15, 0.2) is 12.1 Å². The minimum Gasteiger partial charge on any atom is -0.493 e. The van der Waals surface area contributed by atoms with E-state index in [1.165, 1.54) is 5.56 Å². The smallest absolute Gasteiger partial charge is 0.127 e. The molecule has 1 N–H and O–H groups in total. The zero-order valence-corrected chi connectivity index (χ0v) is 11.7. The highest BCUT2D eigenvalue weighted by molar-refractivity contribution is 6.30. The average Bonchev–Trinajstić information content (AvgIpc) is 2.76. The zero-order valence-electron chi connectivity index (χ0n) is 10.9. The van der Waals surface area contributed by atoms with Crippen molar-refractivity contribution in [1.29, 1.82) is 0 Å². The molecule has 0 saturated carbocycles. The van der Waals surface area contributed by atoms with Crippen LogP contribution in [-0.4, -0.2) is 35.8 Å². The van der Waals surface area contributed by atoms with Crippen molar-refractivity contribution in [2.75, 3.05) is 19.8 Å². The molecule has 18 heavy (non-hydrogen) atoms. The number of hydrogen-bond acceptors (Lipinski definition) is 3. The fourth-order valence-corrected chi connectivity index (χ4v) is 2.59. The molecule has 1 aromatic rings. The first-order valence-electron chi connectivity index (χ1n) is 6.41. The van der Waals surface area contributed by atoms with Crippen molar-refractivity contribution in [3.63, 3.8) is 0 Å². The summed E-state index contributed by atoms with van der Waals surface area (Å²) in [6.07, 6.45) is 0.935. The van der Waals surface area contributed by atoms with Crippen molar-refractivity contribution in [1.82, 2.24) is 4.90 Å². The van der Waals surface area contributed by atoms with Crippen molar-refractivity contribution in [2.24, 2.45) is 0 Å². The first-order valence-corrected chi connectivity index (χ1v) is 6.78. The van der Waals surface area contributed by atoms with Gasteiger partial charge in [0.25, 0.3) is 0 Å². The zero-order chi connectivity index (χ0) is 13.1. The molecule has 1 aliphatic heterocycles. The van der Waals surface area contributed by atoms with Gasteiger partial charge in [-0.25, -0.2) is 0 Å². The Kier molecular flexibility index (Phi) is 4.49. The van der Waals surface area contributed by atoms with Crippen LogP contribution in [0.4, 0.5) is 0 Å². The van der Waals surface area contributed by atoms with Crippen molar-refractivity contribution in [3.8, 4) is 5.75 Å². The highest BCUT2D eigenvalue weighted by Crippen LogP contribution is 2.33. The quantitative estimate of drug-likeness (QED) is 0.891. The molecule has 2 rings (SSSR count). The number of fused-ring (bicyclic) bond motifs is 1. The van der Waals surface area contributed by atoms with E-state index in [0.29, 0.717) is 12.6 Å². The molecule has 0 spiro atoms. The van der Waals surface area contributed by atoms with Gasteiger partial charge in [0.05, 0.1) is 13.2 Å². The summed E-state index contributed by atoms with van der Waals surface area (Å²) in [5, 5.41) is 9.88. The summed E-state index contributed by atoms with van der Waals surface area (Å²) in [6, 6.07) is 4.34. The van der Waals surface area contributed by atoms with E-state index in [0.717, 1.165) is 35.9 Å². The Bertz CT molecular complexity index is 421. The molecule has 0 unspecified atom stereocenters. The topological polar surface area (TPSA) is 32.7 Å². The molecule has 3 nitrogen and oxygen atoms in total. The van der Waals surface area contributed by atoms with Gasteiger partial charge in [-0.1, -0.05) is 11.6 Å². The lowest BCUT2D eigenvalue weighted by Crippen LogP contribution is -2.33. The van der Waals surface area contributed by atoms with Gasteiger partial charge in [0.15, 0.2) is 0 Å². The lowest BCUT2D eigenvalue weighted by Gasteiger charge is -2.26. The van der Waals surface area contributed by atoms with E-state index in [9.17, 15) is 0 Å². The first-order chi connectivity index (χ1) is 8.61. The summed E-state index contributed by atoms with van der Waals surface area (Å²) < 4.78 is 5.70. The normalized spacial score (nSPS) is 14.1. The van der Waals surface area contributed by atoms with Gasteiger partial charge >= 0.3 is 0 Å². The van der Waals surface area contributed by atoms with Gasteiger partial charge in [-0.2, -0.15) is 0 Å². The second kappa shape index (κ2) is 5.91. The lowest BCUT2D eigenvalue weighted by atomic mass is 10.1. The predicted octanol–water partition coefficient (Wildman–Crippen LogP) is 2.48. The summed E-state index contributed by atoms with van der Waals surface area (Å²) in [4.78, 5) is 2.22. The van der Waals surface area contributed by atoms with E-state index in [-0.39, 0.29) is 6.61 Å². The lowest BCUT2D eigenvalue weighted by molar-refractivity contribution is 0.158. The maximum absolute atomic E-state index is 9.11. The average molecular weight is 270 g/mol. The van der Waals surface area contributed by atoms with E-state index in [2.05, 4.69) is 18.7 Å². The van der Waals surface area contributed by atoms with E-state index in [1.807, 2.05) is 12.1 Å². The van der Waals surface area contributed by atoms with Crippen molar-refractivity contribution < 1.29 is 9.84 Å². The Hall–Kier alpha value is -0.770. The van der Waals surface area contributed by atoms with Gasteiger partial charge in [0.2, 0.25) is 0 Å². The van der Waals surface area contributed by atoms with Gasteiger partial charge < -0.3 is 9.84 Å². The van der Waals surface area contributed by atoms with Crippen LogP contribution in [0.25, 0.3) is 0 Å². The molecule has 1 aliphatic rings.